The van der Waals surface area contributed by atoms with Gasteiger partial charge in [-0.1, -0.05) is 11.6 Å². The zero-order chi connectivity index (χ0) is 13.7. The summed E-state index contributed by atoms with van der Waals surface area (Å²) in [6.07, 6.45) is 0. The van der Waals surface area contributed by atoms with Gasteiger partial charge >= 0.3 is 5.97 Å². The van der Waals surface area contributed by atoms with Crippen LogP contribution in [0.2, 0.25) is 5.02 Å². The second-order valence-electron chi connectivity index (χ2n) is 3.77. The standard InChI is InChI=1S/C12H16ClNO4/c1-7(14)6-18-11-9(13)4-8(12(15)17-3)5-10(11)16-2/h4-5,7H,6,14H2,1-3H3. The SMILES string of the molecule is COC(=O)c1cc(Cl)c(OCC(C)N)c(OC)c1. The lowest BCUT2D eigenvalue weighted by Gasteiger charge is -2.14. The highest BCUT2D eigenvalue weighted by molar-refractivity contribution is 6.32. The maximum absolute atomic E-state index is 11.4. The summed E-state index contributed by atoms with van der Waals surface area (Å²) in [7, 11) is 2.76. The Morgan fingerprint density at radius 1 is 1.44 bits per heavy atom. The summed E-state index contributed by atoms with van der Waals surface area (Å²) in [6.45, 7) is 2.11. The van der Waals surface area contributed by atoms with E-state index in [0.717, 1.165) is 0 Å². The molecule has 6 heteroatoms. The van der Waals surface area contributed by atoms with Crippen molar-refractivity contribution in [2.24, 2.45) is 5.73 Å². The highest BCUT2D eigenvalue weighted by Gasteiger charge is 2.16. The smallest absolute Gasteiger partial charge is 0.338 e. The summed E-state index contributed by atoms with van der Waals surface area (Å²) in [5.74, 6) is 0.238. The monoisotopic (exact) mass is 273 g/mol. The predicted octanol–water partition coefficient (Wildman–Crippen LogP) is 1.86. The van der Waals surface area contributed by atoms with Gasteiger partial charge in [-0.3, -0.25) is 0 Å². The number of carbonyl (C=O) groups is 1. The van der Waals surface area contributed by atoms with Crippen LogP contribution in [-0.2, 0) is 4.74 Å². The molecule has 0 saturated heterocycles. The molecule has 2 N–H and O–H groups in total. The van der Waals surface area contributed by atoms with E-state index in [-0.39, 0.29) is 11.1 Å². The molecule has 18 heavy (non-hydrogen) atoms. The van der Waals surface area contributed by atoms with Crippen LogP contribution >= 0.6 is 11.6 Å². The first-order valence-electron chi connectivity index (χ1n) is 5.33. The fourth-order valence-corrected chi connectivity index (χ4v) is 1.58. The molecule has 0 saturated carbocycles. The lowest BCUT2D eigenvalue weighted by molar-refractivity contribution is 0.0600. The fourth-order valence-electron chi connectivity index (χ4n) is 1.31. The van der Waals surface area contributed by atoms with E-state index in [4.69, 9.17) is 26.8 Å². The van der Waals surface area contributed by atoms with Crippen molar-refractivity contribution in [1.29, 1.82) is 0 Å². The first-order chi connectivity index (χ1) is 8.49. The summed E-state index contributed by atoms with van der Waals surface area (Å²) in [5, 5.41) is 0.274. The van der Waals surface area contributed by atoms with E-state index in [1.165, 1.54) is 26.4 Å². The summed E-state index contributed by atoms with van der Waals surface area (Å²) in [5.41, 5.74) is 5.90. The molecule has 0 spiro atoms. The molecule has 0 aliphatic rings. The third kappa shape index (κ3) is 3.51. The number of esters is 1. The minimum absolute atomic E-state index is 0.133. The van der Waals surface area contributed by atoms with Gasteiger partial charge in [0.2, 0.25) is 0 Å². The van der Waals surface area contributed by atoms with Crippen LogP contribution in [0, 0.1) is 0 Å². The highest BCUT2D eigenvalue weighted by atomic mass is 35.5. The van der Waals surface area contributed by atoms with E-state index in [9.17, 15) is 4.79 Å². The Morgan fingerprint density at radius 3 is 2.61 bits per heavy atom. The van der Waals surface area contributed by atoms with Crippen molar-refractivity contribution in [3.63, 3.8) is 0 Å². The highest BCUT2D eigenvalue weighted by Crippen LogP contribution is 2.36. The first-order valence-corrected chi connectivity index (χ1v) is 5.71. The van der Waals surface area contributed by atoms with Crippen molar-refractivity contribution in [2.45, 2.75) is 13.0 Å². The van der Waals surface area contributed by atoms with Crippen LogP contribution in [0.5, 0.6) is 11.5 Å². The maximum Gasteiger partial charge on any atom is 0.338 e. The molecule has 0 aliphatic carbocycles. The largest absolute Gasteiger partial charge is 0.493 e. The van der Waals surface area contributed by atoms with Crippen LogP contribution in [0.3, 0.4) is 0 Å². The summed E-state index contributed by atoms with van der Waals surface area (Å²) < 4.78 is 15.2. The van der Waals surface area contributed by atoms with Gasteiger partial charge in [0.1, 0.15) is 6.61 Å². The molecule has 1 unspecified atom stereocenters. The summed E-state index contributed by atoms with van der Waals surface area (Å²) in [4.78, 5) is 11.4. The van der Waals surface area contributed by atoms with E-state index >= 15 is 0 Å². The number of benzene rings is 1. The molecule has 1 aromatic rings. The molecule has 0 bridgehead atoms. The molecular weight excluding hydrogens is 258 g/mol. The van der Waals surface area contributed by atoms with Crippen LogP contribution in [0.4, 0.5) is 0 Å². The van der Waals surface area contributed by atoms with Gasteiger partial charge < -0.3 is 19.9 Å². The number of nitrogens with two attached hydrogens (primary N) is 1. The van der Waals surface area contributed by atoms with Crippen LogP contribution in [-0.4, -0.2) is 32.8 Å². The Hall–Kier alpha value is -1.46. The molecular formula is C12H16ClNO4. The van der Waals surface area contributed by atoms with Crippen LogP contribution in [0.25, 0.3) is 0 Å². The molecule has 0 aliphatic heterocycles. The van der Waals surface area contributed by atoms with Gasteiger partial charge in [-0.2, -0.15) is 0 Å². The Balaban J connectivity index is 3.07. The van der Waals surface area contributed by atoms with E-state index in [2.05, 4.69) is 4.74 Å². The zero-order valence-electron chi connectivity index (χ0n) is 10.5. The average molecular weight is 274 g/mol. The molecule has 1 rings (SSSR count). The van der Waals surface area contributed by atoms with Gasteiger partial charge in [0.15, 0.2) is 11.5 Å². The van der Waals surface area contributed by atoms with Gasteiger partial charge in [0, 0.05) is 6.04 Å². The predicted molar refractivity (Wildman–Crippen MR) is 68.5 cm³/mol. The minimum atomic E-state index is -0.492. The van der Waals surface area contributed by atoms with Gasteiger partial charge in [-0.05, 0) is 19.1 Å². The second kappa shape index (κ2) is 6.47. The second-order valence-corrected chi connectivity index (χ2v) is 4.18. The topological polar surface area (TPSA) is 70.8 Å². The molecule has 100 valence electrons. The lowest BCUT2D eigenvalue weighted by atomic mass is 10.2. The van der Waals surface area contributed by atoms with Crippen molar-refractivity contribution < 1.29 is 19.0 Å². The normalized spacial score (nSPS) is 11.8. The number of methoxy groups -OCH3 is 2. The minimum Gasteiger partial charge on any atom is -0.493 e. The zero-order valence-corrected chi connectivity index (χ0v) is 11.3. The lowest BCUT2D eigenvalue weighted by Crippen LogP contribution is -2.23. The van der Waals surface area contributed by atoms with Gasteiger partial charge in [-0.25, -0.2) is 4.79 Å². The van der Waals surface area contributed by atoms with Crippen LogP contribution in [0.15, 0.2) is 12.1 Å². The number of rotatable bonds is 5. The van der Waals surface area contributed by atoms with Gasteiger partial charge in [-0.15, -0.1) is 0 Å². The third-order valence-corrected chi connectivity index (χ3v) is 2.42. The number of halogens is 1. The third-order valence-electron chi connectivity index (χ3n) is 2.14. The van der Waals surface area contributed by atoms with Gasteiger partial charge in [0.05, 0.1) is 24.8 Å². The Bertz CT molecular complexity index is 434. The van der Waals surface area contributed by atoms with Crippen LogP contribution < -0.4 is 15.2 Å². The number of hydrogen-bond acceptors (Lipinski definition) is 5. The Morgan fingerprint density at radius 2 is 2.11 bits per heavy atom. The molecule has 0 aromatic heterocycles. The van der Waals surface area contributed by atoms with Crippen molar-refractivity contribution in [3.05, 3.63) is 22.7 Å². The molecule has 1 aromatic carbocycles. The molecule has 5 nitrogen and oxygen atoms in total. The maximum atomic E-state index is 11.4. The molecule has 1 atom stereocenters. The van der Waals surface area contributed by atoms with Crippen molar-refractivity contribution >= 4 is 17.6 Å². The molecule has 0 fully saturated rings. The van der Waals surface area contributed by atoms with E-state index in [1.807, 2.05) is 6.92 Å². The quantitative estimate of drug-likeness (QED) is 0.829. The van der Waals surface area contributed by atoms with Crippen molar-refractivity contribution in [1.82, 2.24) is 0 Å². The summed E-state index contributed by atoms with van der Waals surface area (Å²) in [6, 6.07) is 2.84. The molecule has 0 heterocycles. The van der Waals surface area contributed by atoms with Gasteiger partial charge in [0.25, 0.3) is 0 Å². The Kier molecular flexibility index (Phi) is 5.25. The number of carbonyl (C=O) groups excluding carboxylic acids is 1. The summed E-state index contributed by atoms with van der Waals surface area (Å²) >= 11 is 6.04. The fraction of sp³-hybridized carbons (Fsp3) is 0.417. The average Bonchev–Trinajstić information content (AvgIpc) is 2.35. The van der Waals surface area contributed by atoms with Crippen molar-refractivity contribution in [3.8, 4) is 11.5 Å². The molecule has 0 radical (unpaired) electrons. The number of hydrogen-bond donors (Lipinski definition) is 1. The van der Waals surface area contributed by atoms with E-state index in [1.54, 1.807) is 0 Å². The van der Waals surface area contributed by atoms with Crippen LogP contribution in [0.1, 0.15) is 17.3 Å². The van der Waals surface area contributed by atoms with E-state index < -0.39 is 5.97 Å². The van der Waals surface area contributed by atoms with Crippen molar-refractivity contribution in [2.75, 3.05) is 20.8 Å². The first kappa shape index (κ1) is 14.6. The number of ether oxygens (including phenoxy) is 3. The molecule has 0 amide bonds. The Labute approximate surface area is 111 Å². The van der Waals surface area contributed by atoms with E-state index in [0.29, 0.717) is 23.7 Å².